The first-order valence-corrected chi connectivity index (χ1v) is 8.22. The molecule has 1 saturated heterocycles. The Bertz CT molecular complexity index is 734. The summed E-state index contributed by atoms with van der Waals surface area (Å²) < 4.78 is 5.63. The molecule has 2 aromatic rings. The van der Waals surface area contributed by atoms with Crippen LogP contribution < -0.4 is 0 Å². The molecule has 22 heavy (non-hydrogen) atoms. The van der Waals surface area contributed by atoms with Crippen LogP contribution in [0, 0.1) is 0 Å². The molecule has 6 nitrogen and oxygen atoms in total. The van der Waals surface area contributed by atoms with Gasteiger partial charge in [0.15, 0.2) is 10.2 Å². The molecule has 1 aliphatic heterocycles. The highest BCUT2D eigenvalue weighted by Crippen LogP contribution is 2.34. The molecule has 1 N–H and O–H groups in total. The number of imide groups is 1. The lowest BCUT2D eigenvalue weighted by Gasteiger charge is -2.16. The molecular formula is C14H13N3O3S2. The highest BCUT2D eigenvalue weighted by Gasteiger charge is 2.36. The van der Waals surface area contributed by atoms with Gasteiger partial charge in [-0.3, -0.25) is 14.5 Å². The number of hydrogen-bond donors (Lipinski definition) is 1. The molecule has 0 radical (unpaired) electrons. The summed E-state index contributed by atoms with van der Waals surface area (Å²) in [6.45, 7) is 3.62. The number of amides is 2. The molecule has 114 valence electrons. The van der Waals surface area contributed by atoms with Gasteiger partial charge in [-0.1, -0.05) is 0 Å². The normalized spacial score (nSPS) is 17.2. The molecule has 0 bridgehead atoms. The van der Waals surface area contributed by atoms with Crippen molar-refractivity contribution < 1.29 is 14.0 Å². The van der Waals surface area contributed by atoms with Crippen molar-refractivity contribution in [3.8, 4) is 0 Å². The highest BCUT2D eigenvalue weighted by molar-refractivity contribution is 8.18. The molecule has 0 spiro atoms. The number of furan rings is 1. The first kappa shape index (κ1) is 15.0. The molecule has 0 unspecified atom stereocenters. The molecule has 1 aliphatic rings. The number of rotatable bonds is 4. The number of nitrogens with one attached hydrogen (secondary N) is 1. The minimum absolute atomic E-state index is 0.153. The minimum Gasteiger partial charge on any atom is -0.450 e. The van der Waals surface area contributed by atoms with Crippen molar-refractivity contribution in [3.63, 3.8) is 0 Å². The van der Waals surface area contributed by atoms with E-state index < -0.39 is 0 Å². The molecular weight excluding hydrogens is 322 g/mol. The van der Waals surface area contributed by atoms with E-state index >= 15 is 0 Å². The number of aromatic amines is 1. The number of thioether (sulfide) groups is 1. The molecule has 0 aromatic carbocycles. The Hall–Kier alpha value is -1.93. The summed E-state index contributed by atoms with van der Waals surface area (Å²) in [6, 6.07) is 3.40. The molecule has 0 saturated carbocycles. The maximum Gasteiger partial charge on any atom is 0.293 e. The van der Waals surface area contributed by atoms with Crippen LogP contribution in [0.5, 0.6) is 0 Å². The van der Waals surface area contributed by atoms with Gasteiger partial charge in [0.25, 0.3) is 11.1 Å². The largest absolute Gasteiger partial charge is 0.450 e. The maximum atomic E-state index is 12.2. The van der Waals surface area contributed by atoms with E-state index in [0.717, 1.165) is 16.9 Å². The summed E-state index contributed by atoms with van der Waals surface area (Å²) in [6.07, 6.45) is 4.99. The molecule has 8 heteroatoms. The summed E-state index contributed by atoms with van der Waals surface area (Å²) in [5.74, 6) is 0.255. The van der Waals surface area contributed by atoms with Gasteiger partial charge in [0.2, 0.25) is 0 Å². The summed E-state index contributed by atoms with van der Waals surface area (Å²) in [7, 11) is 0. The van der Waals surface area contributed by atoms with Crippen molar-refractivity contribution in [1.29, 1.82) is 0 Å². The first-order valence-electron chi connectivity index (χ1n) is 6.58. The SMILES string of the molecule is CC(C)N1C(=O)S/C(=C\c2ccc(Sc3ncc[nH]3)o2)C1=O. The lowest BCUT2D eigenvalue weighted by Crippen LogP contribution is -2.34. The molecule has 0 atom stereocenters. The number of H-pyrrole nitrogens is 1. The van der Waals surface area contributed by atoms with Gasteiger partial charge in [-0.25, -0.2) is 4.98 Å². The van der Waals surface area contributed by atoms with Gasteiger partial charge in [0.05, 0.1) is 4.91 Å². The van der Waals surface area contributed by atoms with Crippen molar-refractivity contribution in [3.05, 3.63) is 35.2 Å². The molecule has 0 aliphatic carbocycles. The van der Waals surface area contributed by atoms with Gasteiger partial charge in [0, 0.05) is 24.5 Å². The third kappa shape index (κ3) is 2.97. The van der Waals surface area contributed by atoms with E-state index in [9.17, 15) is 9.59 Å². The lowest BCUT2D eigenvalue weighted by atomic mass is 10.3. The Morgan fingerprint density at radius 3 is 2.86 bits per heavy atom. The van der Waals surface area contributed by atoms with Gasteiger partial charge in [0.1, 0.15) is 5.76 Å². The number of carbonyl (C=O) groups excluding carboxylic acids is 2. The Balaban J connectivity index is 1.77. The van der Waals surface area contributed by atoms with Gasteiger partial charge in [-0.05, 0) is 49.5 Å². The predicted molar refractivity (Wildman–Crippen MR) is 84.4 cm³/mol. The van der Waals surface area contributed by atoms with Crippen molar-refractivity contribution in [2.45, 2.75) is 30.1 Å². The number of hydrogen-bond acceptors (Lipinski definition) is 6. The smallest absolute Gasteiger partial charge is 0.293 e. The van der Waals surface area contributed by atoms with Crippen LogP contribution in [0.4, 0.5) is 4.79 Å². The number of carbonyl (C=O) groups is 2. The fourth-order valence-corrected chi connectivity index (χ4v) is 3.57. The standard InChI is InChI=1S/C14H13N3O3S2/c1-8(2)17-12(18)10(21-14(17)19)7-9-3-4-11(20-9)22-13-15-5-6-16-13/h3-8H,1-2H3,(H,15,16)/b10-7-. The fourth-order valence-electron chi connectivity index (χ4n) is 1.92. The zero-order valence-electron chi connectivity index (χ0n) is 11.9. The van der Waals surface area contributed by atoms with E-state index in [1.54, 1.807) is 30.6 Å². The van der Waals surface area contributed by atoms with E-state index in [4.69, 9.17) is 4.42 Å². The lowest BCUT2D eigenvalue weighted by molar-refractivity contribution is -0.123. The van der Waals surface area contributed by atoms with Crippen LogP contribution in [-0.2, 0) is 4.79 Å². The van der Waals surface area contributed by atoms with Crippen molar-refractivity contribution in [2.24, 2.45) is 0 Å². The van der Waals surface area contributed by atoms with Crippen molar-refractivity contribution in [1.82, 2.24) is 14.9 Å². The zero-order chi connectivity index (χ0) is 15.7. The molecule has 1 fully saturated rings. The Morgan fingerprint density at radius 1 is 1.41 bits per heavy atom. The van der Waals surface area contributed by atoms with Crippen molar-refractivity contribution >= 4 is 40.7 Å². The van der Waals surface area contributed by atoms with Crippen molar-refractivity contribution in [2.75, 3.05) is 0 Å². The van der Waals surface area contributed by atoms with E-state index in [1.807, 2.05) is 13.8 Å². The third-order valence-electron chi connectivity index (χ3n) is 2.89. The highest BCUT2D eigenvalue weighted by atomic mass is 32.2. The molecule has 3 rings (SSSR count). The van der Waals surface area contributed by atoms with Crippen LogP contribution in [0.15, 0.2) is 44.1 Å². The molecule has 2 aromatic heterocycles. The Morgan fingerprint density at radius 2 is 2.23 bits per heavy atom. The quantitative estimate of drug-likeness (QED) is 0.860. The first-order chi connectivity index (χ1) is 10.5. The second-order valence-corrected chi connectivity index (χ2v) is 6.79. The van der Waals surface area contributed by atoms with Crippen LogP contribution in [0.2, 0.25) is 0 Å². The van der Waals surface area contributed by atoms with Crippen LogP contribution in [0.3, 0.4) is 0 Å². The van der Waals surface area contributed by atoms with Gasteiger partial charge < -0.3 is 9.40 Å². The van der Waals surface area contributed by atoms with E-state index in [-0.39, 0.29) is 17.2 Å². The monoisotopic (exact) mass is 335 g/mol. The summed E-state index contributed by atoms with van der Waals surface area (Å²) in [5.41, 5.74) is 0. The predicted octanol–water partition coefficient (Wildman–Crippen LogP) is 3.60. The zero-order valence-corrected chi connectivity index (χ0v) is 13.5. The number of nitrogens with zero attached hydrogens (tertiary/aromatic N) is 2. The van der Waals surface area contributed by atoms with Crippen LogP contribution in [0.1, 0.15) is 19.6 Å². The summed E-state index contributed by atoms with van der Waals surface area (Å²) >= 11 is 2.28. The van der Waals surface area contributed by atoms with E-state index in [1.165, 1.54) is 16.7 Å². The van der Waals surface area contributed by atoms with Gasteiger partial charge in [-0.15, -0.1) is 0 Å². The molecule has 2 amide bonds. The average molecular weight is 335 g/mol. The van der Waals surface area contributed by atoms with E-state index in [2.05, 4.69) is 9.97 Å². The molecule has 3 heterocycles. The number of imidazole rings is 1. The summed E-state index contributed by atoms with van der Waals surface area (Å²) in [5, 5.41) is 1.13. The minimum atomic E-state index is -0.276. The third-order valence-corrected chi connectivity index (χ3v) is 4.61. The van der Waals surface area contributed by atoms with Crippen LogP contribution in [0.25, 0.3) is 6.08 Å². The maximum absolute atomic E-state index is 12.2. The van der Waals surface area contributed by atoms with Gasteiger partial charge in [-0.2, -0.15) is 0 Å². The van der Waals surface area contributed by atoms with Gasteiger partial charge >= 0.3 is 0 Å². The fraction of sp³-hybridized carbons (Fsp3) is 0.214. The number of aromatic nitrogens is 2. The Labute approximate surface area is 135 Å². The van der Waals surface area contributed by atoms with E-state index in [0.29, 0.717) is 15.8 Å². The Kier molecular flexibility index (Phi) is 4.12. The van der Waals surface area contributed by atoms with Crippen LogP contribution in [-0.4, -0.2) is 32.1 Å². The summed E-state index contributed by atoms with van der Waals surface area (Å²) in [4.78, 5) is 32.7. The topological polar surface area (TPSA) is 79.2 Å². The second kappa shape index (κ2) is 6.05. The van der Waals surface area contributed by atoms with Crippen LogP contribution >= 0.6 is 23.5 Å². The average Bonchev–Trinajstić information content (AvgIpc) is 3.14. The second-order valence-electron chi connectivity index (χ2n) is 4.80.